The minimum absolute atomic E-state index is 0.279. The molecule has 0 unspecified atom stereocenters. The van der Waals surface area contributed by atoms with Crippen molar-refractivity contribution in [3.8, 4) is 0 Å². The van der Waals surface area contributed by atoms with Crippen LogP contribution >= 0.6 is 0 Å². The fraction of sp³-hybridized carbons (Fsp3) is 0.647. The molecule has 2 heteroatoms. The Morgan fingerprint density at radius 1 is 1.11 bits per heavy atom. The quantitative estimate of drug-likeness (QED) is 0.753. The van der Waals surface area contributed by atoms with E-state index >= 15 is 0 Å². The molecule has 1 aromatic carbocycles. The van der Waals surface area contributed by atoms with Crippen LogP contribution in [0.25, 0.3) is 0 Å². The molecule has 0 aromatic heterocycles. The Kier molecular flexibility index (Phi) is 5.86. The van der Waals surface area contributed by atoms with E-state index in [1.165, 1.54) is 23.2 Å². The first-order chi connectivity index (χ1) is 8.84. The van der Waals surface area contributed by atoms with Crippen LogP contribution in [0.3, 0.4) is 0 Å². The van der Waals surface area contributed by atoms with Gasteiger partial charge in [0.1, 0.15) is 0 Å². The number of rotatable bonds is 7. The highest BCUT2D eigenvalue weighted by atomic mass is 15.1. The Hall–Kier alpha value is -1.02. The van der Waals surface area contributed by atoms with E-state index in [1.54, 1.807) is 0 Å². The summed E-state index contributed by atoms with van der Waals surface area (Å²) in [6.07, 6.45) is 1.20. The molecular weight excluding hydrogens is 232 g/mol. The molecule has 1 rings (SSSR count). The number of nitrogens with one attached hydrogen (secondary N) is 1. The van der Waals surface area contributed by atoms with Crippen LogP contribution < -0.4 is 10.2 Å². The topological polar surface area (TPSA) is 15.3 Å². The molecule has 1 N–H and O–H groups in total. The fourth-order valence-electron chi connectivity index (χ4n) is 2.56. The van der Waals surface area contributed by atoms with Gasteiger partial charge in [-0.25, -0.2) is 0 Å². The van der Waals surface area contributed by atoms with Gasteiger partial charge in [-0.1, -0.05) is 26.8 Å². The fourth-order valence-corrected chi connectivity index (χ4v) is 2.56. The molecule has 0 spiro atoms. The van der Waals surface area contributed by atoms with Crippen LogP contribution in [0.5, 0.6) is 0 Å². The summed E-state index contributed by atoms with van der Waals surface area (Å²) in [6, 6.07) is 6.76. The second-order valence-corrected chi connectivity index (χ2v) is 6.54. The molecule has 0 bridgehead atoms. The predicted octanol–water partition coefficient (Wildman–Crippen LogP) is 3.77. The van der Waals surface area contributed by atoms with Crippen molar-refractivity contribution in [2.45, 2.75) is 41.0 Å². The Bertz CT molecular complexity index is 376. The molecule has 0 aliphatic heterocycles. The summed E-state index contributed by atoms with van der Waals surface area (Å²) in [5.41, 5.74) is 4.27. The molecule has 0 aliphatic carbocycles. The first-order valence-electron chi connectivity index (χ1n) is 7.34. The van der Waals surface area contributed by atoms with Gasteiger partial charge in [0.2, 0.25) is 0 Å². The first kappa shape index (κ1) is 16.0. The van der Waals surface area contributed by atoms with Crippen molar-refractivity contribution in [2.75, 3.05) is 31.6 Å². The average Bonchev–Trinajstić information content (AvgIpc) is 2.27. The number of hydrogen-bond acceptors (Lipinski definition) is 2. The van der Waals surface area contributed by atoms with E-state index in [9.17, 15) is 0 Å². The largest absolute Gasteiger partial charge is 0.374 e. The summed E-state index contributed by atoms with van der Waals surface area (Å²) in [5, 5.41) is 3.53. The molecule has 0 radical (unpaired) electrons. The third-order valence-electron chi connectivity index (χ3n) is 3.34. The van der Waals surface area contributed by atoms with E-state index in [1.807, 2.05) is 0 Å². The Balaban J connectivity index is 2.64. The van der Waals surface area contributed by atoms with Gasteiger partial charge in [-0.05, 0) is 55.5 Å². The highest BCUT2D eigenvalue weighted by Gasteiger charge is 2.20. The SMILES string of the molecule is CCCNCC(C)(C)CN(C)c1cc(C)cc(C)c1. The summed E-state index contributed by atoms with van der Waals surface area (Å²) in [5.74, 6) is 0. The van der Waals surface area contributed by atoms with Crippen LogP contribution in [0.2, 0.25) is 0 Å². The average molecular weight is 262 g/mol. The molecule has 0 atom stereocenters. The zero-order valence-electron chi connectivity index (χ0n) is 13.5. The second-order valence-electron chi connectivity index (χ2n) is 6.54. The molecule has 2 nitrogen and oxygen atoms in total. The van der Waals surface area contributed by atoms with Gasteiger partial charge in [-0.2, -0.15) is 0 Å². The maximum atomic E-state index is 3.53. The van der Waals surface area contributed by atoms with Crippen LogP contribution in [-0.4, -0.2) is 26.7 Å². The minimum Gasteiger partial charge on any atom is -0.374 e. The number of anilines is 1. The van der Waals surface area contributed by atoms with E-state index < -0.39 is 0 Å². The normalized spacial score (nSPS) is 11.7. The van der Waals surface area contributed by atoms with Crippen LogP contribution in [0.4, 0.5) is 5.69 Å². The van der Waals surface area contributed by atoms with Crippen molar-refractivity contribution < 1.29 is 0 Å². The second kappa shape index (κ2) is 6.95. The summed E-state index contributed by atoms with van der Waals surface area (Å²) < 4.78 is 0. The number of benzene rings is 1. The summed E-state index contributed by atoms with van der Waals surface area (Å²) in [6.45, 7) is 14.4. The van der Waals surface area contributed by atoms with Crippen molar-refractivity contribution >= 4 is 5.69 Å². The zero-order chi connectivity index (χ0) is 14.5. The van der Waals surface area contributed by atoms with Gasteiger partial charge in [0, 0.05) is 25.8 Å². The lowest BCUT2D eigenvalue weighted by molar-refractivity contribution is 0.347. The van der Waals surface area contributed by atoms with Gasteiger partial charge in [-0.15, -0.1) is 0 Å². The van der Waals surface area contributed by atoms with Gasteiger partial charge in [0.05, 0.1) is 0 Å². The number of hydrogen-bond donors (Lipinski definition) is 1. The molecule has 108 valence electrons. The van der Waals surface area contributed by atoms with Crippen LogP contribution in [0.15, 0.2) is 18.2 Å². The molecule has 0 amide bonds. The van der Waals surface area contributed by atoms with E-state index in [4.69, 9.17) is 0 Å². The Morgan fingerprint density at radius 2 is 1.68 bits per heavy atom. The first-order valence-corrected chi connectivity index (χ1v) is 7.34. The Morgan fingerprint density at radius 3 is 2.21 bits per heavy atom. The third kappa shape index (κ3) is 5.65. The van der Waals surface area contributed by atoms with Gasteiger partial charge >= 0.3 is 0 Å². The van der Waals surface area contributed by atoms with Crippen molar-refractivity contribution in [1.29, 1.82) is 0 Å². The number of nitrogens with zero attached hydrogens (tertiary/aromatic N) is 1. The highest BCUT2D eigenvalue weighted by molar-refractivity contribution is 5.50. The third-order valence-corrected chi connectivity index (χ3v) is 3.34. The monoisotopic (exact) mass is 262 g/mol. The standard InChI is InChI=1S/C17H30N2/c1-7-8-18-12-17(4,5)13-19(6)16-10-14(2)9-15(3)11-16/h9-11,18H,7-8,12-13H2,1-6H3. The van der Waals surface area contributed by atoms with Crippen LogP contribution in [0.1, 0.15) is 38.3 Å². The van der Waals surface area contributed by atoms with Crippen molar-refractivity contribution in [3.63, 3.8) is 0 Å². The molecule has 0 aliphatic rings. The lowest BCUT2D eigenvalue weighted by Gasteiger charge is -2.32. The molecular formula is C17H30N2. The zero-order valence-corrected chi connectivity index (χ0v) is 13.5. The maximum absolute atomic E-state index is 3.53. The molecule has 0 saturated heterocycles. The minimum atomic E-state index is 0.279. The highest BCUT2D eigenvalue weighted by Crippen LogP contribution is 2.22. The molecule has 1 aromatic rings. The van der Waals surface area contributed by atoms with E-state index in [2.05, 4.69) is 70.1 Å². The van der Waals surface area contributed by atoms with Crippen LogP contribution in [-0.2, 0) is 0 Å². The Labute approximate surface area is 119 Å². The van der Waals surface area contributed by atoms with Gasteiger partial charge in [-0.3, -0.25) is 0 Å². The smallest absolute Gasteiger partial charge is 0.0369 e. The van der Waals surface area contributed by atoms with Crippen molar-refractivity contribution in [2.24, 2.45) is 5.41 Å². The van der Waals surface area contributed by atoms with Crippen LogP contribution in [0, 0.1) is 19.3 Å². The predicted molar refractivity (Wildman–Crippen MR) is 86.1 cm³/mol. The van der Waals surface area contributed by atoms with E-state index in [-0.39, 0.29) is 5.41 Å². The van der Waals surface area contributed by atoms with Gasteiger partial charge in [0.25, 0.3) is 0 Å². The molecule has 0 heterocycles. The van der Waals surface area contributed by atoms with E-state index in [0.29, 0.717) is 0 Å². The van der Waals surface area contributed by atoms with E-state index in [0.717, 1.165) is 19.6 Å². The lowest BCUT2D eigenvalue weighted by atomic mass is 9.92. The maximum Gasteiger partial charge on any atom is 0.0369 e. The summed E-state index contributed by atoms with van der Waals surface area (Å²) >= 11 is 0. The number of aryl methyl sites for hydroxylation is 2. The van der Waals surface area contributed by atoms with Crippen molar-refractivity contribution in [1.82, 2.24) is 5.32 Å². The summed E-state index contributed by atoms with van der Waals surface area (Å²) in [4.78, 5) is 2.37. The molecule has 0 fully saturated rings. The summed E-state index contributed by atoms with van der Waals surface area (Å²) in [7, 11) is 2.19. The lowest BCUT2D eigenvalue weighted by Crippen LogP contribution is -2.39. The van der Waals surface area contributed by atoms with Crippen molar-refractivity contribution in [3.05, 3.63) is 29.3 Å². The van der Waals surface area contributed by atoms with Gasteiger partial charge < -0.3 is 10.2 Å². The molecule has 0 saturated carbocycles. The molecule has 19 heavy (non-hydrogen) atoms. The van der Waals surface area contributed by atoms with Gasteiger partial charge in [0.15, 0.2) is 0 Å².